The molecule has 1 unspecified atom stereocenters. The maximum Gasteiger partial charge on any atom is 0.0661 e. The lowest BCUT2D eigenvalue weighted by Gasteiger charge is -2.19. The lowest BCUT2D eigenvalue weighted by molar-refractivity contribution is 0.110. The number of hydrogen-bond donors (Lipinski definition) is 1. The van der Waals surface area contributed by atoms with E-state index in [0.717, 1.165) is 13.2 Å². The van der Waals surface area contributed by atoms with Crippen molar-refractivity contribution in [1.82, 2.24) is 5.32 Å². The van der Waals surface area contributed by atoms with Crippen LogP contribution in [0.1, 0.15) is 48.9 Å². The van der Waals surface area contributed by atoms with Gasteiger partial charge in [-0.2, -0.15) is 0 Å². The Kier molecular flexibility index (Phi) is 6.99. The average Bonchev–Trinajstić information content (AvgIpc) is 2.35. The van der Waals surface area contributed by atoms with Crippen LogP contribution in [0.2, 0.25) is 0 Å². The molecule has 0 fully saturated rings. The summed E-state index contributed by atoms with van der Waals surface area (Å²) in [5.41, 5.74) is 4.00. The second kappa shape index (κ2) is 8.28. The molecular weight excluding hydrogens is 222 g/mol. The van der Waals surface area contributed by atoms with Gasteiger partial charge in [-0.25, -0.2) is 0 Å². The molecule has 1 rings (SSSR count). The molecule has 2 nitrogen and oxygen atoms in total. The highest BCUT2D eigenvalue weighted by Crippen LogP contribution is 2.19. The summed E-state index contributed by atoms with van der Waals surface area (Å²) in [4.78, 5) is 0. The summed E-state index contributed by atoms with van der Waals surface area (Å²) >= 11 is 0. The van der Waals surface area contributed by atoms with E-state index in [9.17, 15) is 0 Å². The van der Waals surface area contributed by atoms with Crippen molar-refractivity contribution in [3.05, 3.63) is 34.9 Å². The number of benzene rings is 1. The van der Waals surface area contributed by atoms with E-state index < -0.39 is 0 Å². The summed E-state index contributed by atoms with van der Waals surface area (Å²) in [6.45, 7) is 8.14. The third-order valence-corrected chi connectivity index (χ3v) is 3.33. The van der Waals surface area contributed by atoms with Crippen LogP contribution in [0.15, 0.2) is 18.2 Å². The molecule has 0 aliphatic rings. The van der Waals surface area contributed by atoms with E-state index in [1.165, 1.54) is 36.0 Å². The molecule has 18 heavy (non-hydrogen) atoms. The molecule has 2 heteroatoms. The molecule has 0 saturated carbocycles. The molecule has 102 valence electrons. The lowest BCUT2D eigenvalue weighted by Crippen LogP contribution is -2.23. The van der Waals surface area contributed by atoms with Crippen molar-refractivity contribution in [2.75, 3.05) is 20.3 Å². The molecule has 0 spiro atoms. The molecule has 0 aliphatic heterocycles. The quantitative estimate of drug-likeness (QED) is 0.708. The van der Waals surface area contributed by atoms with E-state index in [1.54, 1.807) is 0 Å². The predicted octanol–water partition coefficient (Wildman–Crippen LogP) is 3.77. The van der Waals surface area contributed by atoms with Gasteiger partial charge >= 0.3 is 0 Å². The van der Waals surface area contributed by atoms with Crippen LogP contribution in [0.5, 0.6) is 0 Å². The summed E-state index contributed by atoms with van der Waals surface area (Å²) in [6, 6.07) is 6.91. The van der Waals surface area contributed by atoms with E-state index in [-0.39, 0.29) is 0 Å². The molecule has 0 aliphatic carbocycles. The smallest absolute Gasteiger partial charge is 0.0661 e. The summed E-state index contributed by atoms with van der Waals surface area (Å²) in [7, 11) is 2.00. The van der Waals surface area contributed by atoms with E-state index >= 15 is 0 Å². The standard InChI is InChI=1S/C16H27NO/c1-5-6-7-10-18-12-16(17-4)15-9-8-13(2)11-14(15)3/h8-9,11,16-17H,5-7,10,12H2,1-4H3. The number of aryl methyl sites for hydroxylation is 2. The van der Waals surface area contributed by atoms with Crippen LogP contribution in [0, 0.1) is 13.8 Å². The first-order valence-corrected chi connectivity index (χ1v) is 7.01. The zero-order chi connectivity index (χ0) is 13.4. The van der Waals surface area contributed by atoms with Gasteiger partial charge in [-0.1, -0.05) is 43.5 Å². The summed E-state index contributed by atoms with van der Waals surface area (Å²) in [5, 5.41) is 3.34. The lowest BCUT2D eigenvalue weighted by atomic mass is 10.00. The molecule has 1 N–H and O–H groups in total. The van der Waals surface area contributed by atoms with Gasteiger partial charge in [-0.3, -0.25) is 0 Å². The Labute approximate surface area is 112 Å². The zero-order valence-electron chi connectivity index (χ0n) is 12.3. The van der Waals surface area contributed by atoms with Crippen molar-refractivity contribution in [2.45, 2.75) is 46.1 Å². The van der Waals surface area contributed by atoms with Gasteiger partial charge in [0.05, 0.1) is 12.6 Å². The Morgan fingerprint density at radius 2 is 2.00 bits per heavy atom. The number of nitrogens with one attached hydrogen (secondary N) is 1. The SMILES string of the molecule is CCCCCOCC(NC)c1ccc(C)cc1C. The highest BCUT2D eigenvalue weighted by molar-refractivity contribution is 5.32. The Bertz CT molecular complexity index is 349. The van der Waals surface area contributed by atoms with Crippen LogP contribution in [-0.2, 0) is 4.74 Å². The average molecular weight is 249 g/mol. The fourth-order valence-electron chi connectivity index (χ4n) is 2.20. The highest BCUT2D eigenvalue weighted by Gasteiger charge is 2.11. The normalized spacial score (nSPS) is 12.7. The second-order valence-electron chi connectivity index (χ2n) is 4.98. The first-order chi connectivity index (χ1) is 8.69. The van der Waals surface area contributed by atoms with Gasteiger partial charge < -0.3 is 10.1 Å². The van der Waals surface area contributed by atoms with Gasteiger partial charge in [-0.05, 0) is 38.4 Å². The molecule has 1 aromatic rings. The van der Waals surface area contributed by atoms with Gasteiger partial charge in [0.15, 0.2) is 0 Å². The molecule has 0 aromatic heterocycles. The van der Waals surface area contributed by atoms with Crippen LogP contribution >= 0.6 is 0 Å². The molecule has 0 saturated heterocycles. The van der Waals surface area contributed by atoms with E-state index in [2.05, 4.69) is 44.3 Å². The molecule has 1 aromatic carbocycles. The van der Waals surface area contributed by atoms with E-state index in [4.69, 9.17) is 4.74 Å². The number of rotatable bonds is 8. The predicted molar refractivity (Wildman–Crippen MR) is 78.1 cm³/mol. The number of likely N-dealkylation sites (N-methyl/N-ethyl adjacent to an activating group) is 1. The number of ether oxygens (including phenoxy) is 1. The number of hydrogen-bond acceptors (Lipinski definition) is 2. The second-order valence-corrected chi connectivity index (χ2v) is 4.98. The Balaban J connectivity index is 2.49. The number of unbranched alkanes of at least 4 members (excludes halogenated alkanes) is 2. The van der Waals surface area contributed by atoms with Gasteiger partial charge in [0.2, 0.25) is 0 Å². The monoisotopic (exact) mass is 249 g/mol. The fourth-order valence-corrected chi connectivity index (χ4v) is 2.20. The molecule has 0 radical (unpaired) electrons. The minimum absolute atomic E-state index is 0.298. The summed E-state index contributed by atoms with van der Waals surface area (Å²) < 4.78 is 5.77. The van der Waals surface area contributed by atoms with Gasteiger partial charge in [0.1, 0.15) is 0 Å². The Morgan fingerprint density at radius 3 is 2.61 bits per heavy atom. The van der Waals surface area contributed by atoms with Crippen LogP contribution in [0.25, 0.3) is 0 Å². The summed E-state index contributed by atoms with van der Waals surface area (Å²) in [5.74, 6) is 0. The minimum atomic E-state index is 0.298. The maximum absolute atomic E-state index is 5.77. The van der Waals surface area contributed by atoms with Crippen LogP contribution in [0.4, 0.5) is 0 Å². The largest absolute Gasteiger partial charge is 0.379 e. The first kappa shape index (κ1) is 15.2. The van der Waals surface area contributed by atoms with E-state index in [1.807, 2.05) is 7.05 Å². The Hall–Kier alpha value is -0.860. The van der Waals surface area contributed by atoms with Crippen molar-refractivity contribution in [3.8, 4) is 0 Å². The molecule has 0 bridgehead atoms. The van der Waals surface area contributed by atoms with Crippen molar-refractivity contribution in [1.29, 1.82) is 0 Å². The van der Waals surface area contributed by atoms with Crippen molar-refractivity contribution in [3.63, 3.8) is 0 Å². The van der Waals surface area contributed by atoms with Crippen molar-refractivity contribution >= 4 is 0 Å². The van der Waals surface area contributed by atoms with Crippen LogP contribution < -0.4 is 5.32 Å². The topological polar surface area (TPSA) is 21.3 Å². The minimum Gasteiger partial charge on any atom is -0.379 e. The van der Waals surface area contributed by atoms with Gasteiger partial charge in [0, 0.05) is 6.61 Å². The fraction of sp³-hybridized carbons (Fsp3) is 0.625. The maximum atomic E-state index is 5.77. The van der Waals surface area contributed by atoms with Gasteiger partial charge in [0.25, 0.3) is 0 Å². The summed E-state index contributed by atoms with van der Waals surface area (Å²) in [6.07, 6.45) is 3.67. The first-order valence-electron chi connectivity index (χ1n) is 7.01. The molecule has 0 amide bonds. The highest BCUT2D eigenvalue weighted by atomic mass is 16.5. The Morgan fingerprint density at radius 1 is 1.22 bits per heavy atom. The van der Waals surface area contributed by atoms with Crippen molar-refractivity contribution in [2.24, 2.45) is 0 Å². The van der Waals surface area contributed by atoms with Gasteiger partial charge in [-0.15, -0.1) is 0 Å². The molecule has 0 heterocycles. The zero-order valence-corrected chi connectivity index (χ0v) is 12.3. The third kappa shape index (κ3) is 4.79. The van der Waals surface area contributed by atoms with E-state index in [0.29, 0.717) is 6.04 Å². The molecular formula is C16H27NO. The third-order valence-electron chi connectivity index (χ3n) is 3.33. The van der Waals surface area contributed by atoms with Crippen molar-refractivity contribution < 1.29 is 4.74 Å². The van der Waals surface area contributed by atoms with Crippen LogP contribution in [0.3, 0.4) is 0 Å². The van der Waals surface area contributed by atoms with Crippen LogP contribution in [-0.4, -0.2) is 20.3 Å². The molecule has 1 atom stereocenters.